The van der Waals surface area contributed by atoms with Crippen LogP contribution in [0.5, 0.6) is 0 Å². The first-order valence-corrected chi connectivity index (χ1v) is 16.1. The highest BCUT2D eigenvalue weighted by Crippen LogP contribution is 2.43. The van der Waals surface area contributed by atoms with Gasteiger partial charge in [0.1, 0.15) is 6.61 Å². The van der Waals surface area contributed by atoms with Gasteiger partial charge in [0.05, 0.1) is 38.6 Å². The van der Waals surface area contributed by atoms with Crippen LogP contribution in [-0.4, -0.2) is 70.1 Å². The minimum absolute atomic E-state index is 0.00758. The van der Waals surface area contributed by atoms with Crippen LogP contribution in [0.1, 0.15) is 30.4 Å². The first-order valence-electron chi connectivity index (χ1n) is 12.7. The van der Waals surface area contributed by atoms with Gasteiger partial charge in [-0.25, -0.2) is 21.6 Å². The molecule has 214 valence electrons. The summed E-state index contributed by atoms with van der Waals surface area (Å²) in [5.74, 6) is -3.36. The molecular formula is C27H31N3O8S2. The molecule has 0 saturated heterocycles. The number of rotatable bonds is 8. The number of esters is 1. The van der Waals surface area contributed by atoms with Crippen LogP contribution in [0.2, 0.25) is 0 Å². The second-order valence-electron chi connectivity index (χ2n) is 9.92. The zero-order valence-corrected chi connectivity index (χ0v) is 23.8. The van der Waals surface area contributed by atoms with E-state index in [0.717, 1.165) is 5.56 Å². The number of allylic oxidation sites excluding steroid dienone is 2. The molecule has 0 bridgehead atoms. The Balaban J connectivity index is 1.69. The van der Waals surface area contributed by atoms with Crippen LogP contribution < -0.4 is 5.32 Å². The van der Waals surface area contributed by atoms with Crippen molar-refractivity contribution in [1.82, 2.24) is 10.2 Å². The van der Waals surface area contributed by atoms with Gasteiger partial charge in [0.25, 0.3) is 5.69 Å². The van der Waals surface area contributed by atoms with E-state index in [9.17, 15) is 31.7 Å². The summed E-state index contributed by atoms with van der Waals surface area (Å²) >= 11 is 0. The number of carbonyl (C=O) groups excluding carboxylic acids is 1. The van der Waals surface area contributed by atoms with Gasteiger partial charge in [-0.2, -0.15) is 0 Å². The molecule has 11 nitrogen and oxygen atoms in total. The van der Waals surface area contributed by atoms with Crippen molar-refractivity contribution in [2.75, 3.05) is 37.5 Å². The van der Waals surface area contributed by atoms with Crippen LogP contribution >= 0.6 is 0 Å². The standard InChI is InChI=1S/C27H31N3O8S2/c1-19-24(27(31)38-13-12-29(2)17-20-8-4-3-5-9-20)25(21-10-6-11-22(16-21)30(32)33)26-23(28-19)18-39(34,35)14-7-15-40(26,36)37/h3-6,8-11,16,25,28H,7,12-15,17-18H2,1-2H3. The van der Waals surface area contributed by atoms with Crippen LogP contribution in [0.4, 0.5) is 5.69 Å². The van der Waals surface area contributed by atoms with Gasteiger partial charge >= 0.3 is 5.97 Å². The van der Waals surface area contributed by atoms with Crippen molar-refractivity contribution in [2.45, 2.75) is 25.8 Å². The van der Waals surface area contributed by atoms with E-state index in [2.05, 4.69) is 5.32 Å². The number of non-ortho nitro benzene ring substituents is 1. The Labute approximate surface area is 233 Å². The lowest BCUT2D eigenvalue weighted by atomic mass is 9.86. The number of sulfone groups is 2. The molecule has 0 spiro atoms. The lowest BCUT2D eigenvalue weighted by Crippen LogP contribution is -2.38. The molecule has 13 heteroatoms. The summed E-state index contributed by atoms with van der Waals surface area (Å²) in [7, 11) is -5.82. The second kappa shape index (κ2) is 11.9. The highest BCUT2D eigenvalue weighted by atomic mass is 32.2. The maximum absolute atomic E-state index is 13.5. The average Bonchev–Trinajstić information content (AvgIpc) is 2.87. The number of likely N-dealkylation sites (N-methyl/N-ethyl adjacent to an activating group) is 1. The average molecular weight is 590 g/mol. The summed E-state index contributed by atoms with van der Waals surface area (Å²) in [6.07, 6.45) is -0.0979. The molecule has 0 amide bonds. The van der Waals surface area contributed by atoms with Crippen molar-refractivity contribution in [3.8, 4) is 0 Å². The van der Waals surface area contributed by atoms with E-state index >= 15 is 0 Å². The fourth-order valence-electron chi connectivity index (χ4n) is 4.98. The number of hydrogen-bond acceptors (Lipinski definition) is 10. The van der Waals surface area contributed by atoms with Crippen LogP contribution in [0.15, 0.2) is 76.5 Å². The highest BCUT2D eigenvalue weighted by Gasteiger charge is 2.43. The molecule has 2 aliphatic rings. The molecule has 0 aliphatic carbocycles. The van der Waals surface area contributed by atoms with Crippen LogP contribution in [0.3, 0.4) is 0 Å². The largest absolute Gasteiger partial charge is 0.461 e. The van der Waals surface area contributed by atoms with Gasteiger partial charge in [0.15, 0.2) is 19.7 Å². The summed E-state index contributed by atoms with van der Waals surface area (Å²) in [4.78, 5) is 26.1. The van der Waals surface area contributed by atoms with E-state index in [1.54, 1.807) is 0 Å². The van der Waals surface area contributed by atoms with Crippen molar-refractivity contribution < 1.29 is 31.3 Å². The molecule has 1 unspecified atom stereocenters. The Morgan fingerprint density at radius 2 is 1.82 bits per heavy atom. The summed E-state index contributed by atoms with van der Waals surface area (Å²) in [5, 5.41) is 14.4. The zero-order valence-electron chi connectivity index (χ0n) is 22.2. The number of nitrogens with zero attached hydrogens (tertiary/aromatic N) is 2. The van der Waals surface area contributed by atoms with Crippen molar-refractivity contribution in [3.05, 3.63) is 97.7 Å². The minimum atomic E-state index is -4.05. The maximum Gasteiger partial charge on any atom is 0.336 e. The third kappa shape index (κ3) is 6.77. The first-order chi connectivity index (χ1) is 18.9. The van der Waals surface area contributed by atoms with Gasteiger partial charge < -0.3 is 10.1 Å². The summed E-state index contributed by atoms with van der Waals surface area (Å²) in [6, 6.07) is 15.1. The first kappa shape index (κ1) is 29.4. The van der Waals surface area contributed by atoms with Crippen molar-refractivity contribution >= 4 is 31.3 Å². The van der Waals surface area contributed by atoms with Gasteiger partial charge in [0, 0.05) is 36.6 Å². The number of nitrogens with one attached hydrogen (secondary N) is 1. The lowest BCUT2D eigenvalue weighted by Gasteiger charge is -2.33. The molecule has 40 heavy (non-hydrogen) atoms. The number of ether oxygens (including phenoxy) is 1. The Bertz CT molecular complexity index is 1580. The van der Waals surface area contributed by atoms with E-state index in [1.165, 1.54) is 31.2 Å². The number of dihydropyridines is 1. The molecule has 0 aromatic heterocycles. The van der Waals surface area contributed by atoms with E-state index < -0.39 is 48.0 Å². The molecule has 4 rings (SSSR count). The normalized spacial score (nSPS) is 20.2. The van der Waals surface area contributed by atoms with Gasteiger partial charge in [-0.1, -0.05) is 42.5 Å². The highest BCUT2D eigenvalue weighted by molar-refractivity contribution is 7.95. The van der Waals surface area contributed by atoms with Gasteiger partial charge in [-0.15, -0.1) is 0 Å². The second-order valence-corrected chi connectivity index (χ2v) is 14.2. The molecule has 0 saturated carbocycles. The topological polar surface area (TPSA) is 153 Å². The maximum atomic E-state index is 13.5. The third-order valence-corrected chi connectivity index (χ3v) is 10.4. The van der Waals surface area contributed by atoms with Gasteiger partial charge in [-0.3, -0.25) is 15.0 Å². The molecule has 0 radical (unpaired) electrons. The zero-order chi connectivity index (χ0) is 29.1. The number of benzene rings is 2. The SMILES string of the molecule is CC1=C(C(=O)OCCN(C)Cc2ccccc2)C(c2cccc([N+](=O)[O-])c2)C2=C(CS(=O)(=O)CCCS2(=O)=O)N1. The third-order valence-electron chi connectivity index (χ3n) is 6.79. The molecule has 1 N–H and O–H groups in total. The van der Waals surface area contributed by atoms with Gasteiger partial charge in [-0.05, 0) is 31.5 Å². The number of nitro groups is 1. The van der Waals surface area contributed by atoms with Crippen LogP contribution in [0.25, 0.3) is 0 Å². The monoisotopic (exact) mass is 589 g/mol. The Kier molecular flexibility index (Phi) is 8.76. The summed E-state index contributed by atoms with van der Waals surface area (Å²) in [6.45, 7) is 2.56. The molecule has 2 aromatic rings. The molecule has 2 aliphatic heterocycles. The Morgan fingerprint density at radius 1 is 1.10 bits per heavy atom. The van der Waals surface area contributed by atoms with E-state index in [1.807, 2.05) is 42.3 Å². The van der Waals surface area contributed by atoms with E-state index in [-0.39, 0.29) is 51.9 Å². The predicted molar refractivity (Wildman–Crippen MR) is 149 cm³/mol. The molecule has 2 aromatic carbocycles. The summed E-state index contributed by atoms with van der Waals surface area (Å²) in [5.41, 5.74) is 1.11. The number of nitro benzene ring substituents is 1. The minimum Gasteiger partial charge on any atom is -0.461 e. The number of hydrogen-bond donors (Lipinski definition) is 1. The fraction of sp³-hybridized carbons (Fsp3) is 0.370. The lowest BCUT2D eigenvalue weighted by molar-refractivity contribution is -0.384. The van der Waals surface area contributed by atoms with Crippen molar-refractivity contribution in [2.24, 2.45) is 0 Å². The van der Waals surface area contributed by atoms with E-state index in [4.69, 9.17) is 4.74 Å². The molecule has 0 fully saturated rings. The summed E-state index contributed by atoms with van der Waals surface area (Å²) < 4.78 is 58.0. The number of carbonyl (C=O) groups is 1. The Hall–Kier alpha value is -3.55. The predicted octanol–water partition coefficient (Wildman–Crippen LogP) is 2.68. The van der Waals surface area contributed by atoms with E-state index in [0.29, 0.717) is 13.1 Å². The van der Waals surface area contributed by atoms with Crippen molar-refractivity contribution in [1.29, 1.82) is 0 Å². The molecule has 1 atom stereocenters. The quantitative estimate of drug-likeness (QED) is 0.276. The van der Waals surface area contributed by atoms with Crippen molar-refractivity contribution in [3.63, 3.8) is 0 Å². The fourth-order valence-corrected chi connectivity index (χ4v) is 8.50. The smallest absolute Gasteiger partial charge is 0.336 e. The molecule has 2 heterocycles. The van der Waals surface area contributed by atoms with Gasteiger partial charge in [0.2, 0.25) is 0 Å². The Morgan fingerprint density at radius 3 is 2.52 bits per heavy atom. The molecular weight excluding hydrogens is 558 g/mol. The van der Waals surface area contributed by atoms with Crippen LogP contribution in [0, 0.1) is 10.1 Å². The van der Waals surface area contributed by atoms with Crippen LogP contribution in [-0.2, 0) is 35.8 Å².